The lowest BCUT2D eigenvalue weighted by atomic mass is 10.2. The largest absolute Gasteiger partial charge is 0.296 e. The van der Waals surface area contributed by atoms with Crippen molar-refractivity contribution in [3.8, 4) is 0 Å². The molecule has 0 fully saturated rings. The Hall–Kier alpha value is -1.47. The molecule has 1 aromatic carbocycles. The molecule has 0 saturated carbocycles. The lowest BCUT2D eigenvalue weighted by Gasteiger charge is -2.15. The summed E-state index contributed by atoms with van der Waals surface area (Å²) in [6.45, 7) is 6.94. The number of hydrogen-bond acceptors (Lipinski definition) is 5. The molecule has 0 bridgehead atoms. The third-order valence-electron chi connectivity index (χ3n) is 3.70. The van der Waals surface area contributed by atoms with E-state index >= 15 is 0 Å². The zero-order valence-electron chi connectivity index (χ0n) is 13.4. The molecule has 2 aromatic heterocycles. The number of aromatic nitrogens is 4. The van der Waals surface area contributed by atoms with Gasteiger partial charge in [-0.05, 0) is 36.9 Å². The van der Waals surface area contributed by atoms with Crippen molar-refractivity contribution in [2.45, 2.75) is 20.4 Å². The predicted molar refractivity (Wildman–Crippen MR) is 101 cm³/mol. The fourth-order valence-electron chi connectivity index (χ4n) is 2.28. The van der Waals surface area contributed by atoms with Crippen LogP contribution in [-0.4, -0.2) is 37.8 Å². The van der Waals surface area contributed by atoms with Crippen LogP contribution in [0.1, 0.15) is 30.2 Å². The van der Waals surface area contributed by atoms with Crippen molar-refractivity contribution >= 4 is 51.7 Å². The first-order chi connectivity index (χ1) is 11.6. The first-order valence-corrected chi connectivity index (χ1v) is 9.24. The summed E-state index contributed by atoms with van der Waals surface area (Å²) in [6, 6.07) is 5.42. The second kappa shape index (κ2) is 7.61. The fourth-order valence-corrected chi connectivity index (χ4v) is 3.51. The molecule has 8 heteroatoms. The number of hydrogen-bond donors (Lipinski definition) is 0. The normalized spacial score (nSPS) is 12.0. The summed E-state index contributed by atoms with van der Waals surface area (Å²) < 4.78 is 1.81. The van der Waals surface area contributed by atoms with Crippen LogP contribution < -0.4 is 0 Å². The highest BCUT2D eigenvalue weighted by Crippen LogP contribution is 2.24. The second-order valence-corrected chi connectivity index (χ2v) is 7.04. The molecule has 3 aromatic rings. The van der Waals surface area contributed by atoms with Crippen LogP contribution in [0.25, 0.3) is 17.1 Å². The molecular formula is C16H17Cl2N5S. The van der Waals surface area contributed by atoms with Crippen LogP contribution in [0.4, 0.5) is 0 Å². The van der Waals surface area contributed by atoms with Crippen LogP contribution in [0.5, 0.6) is 0 Å². The first kappa shape index (κ1) is 17.4. The van der Waals surface area contributed by atoms with Gasteiger partial charge >= 0.3 is 0 Å². The van der Waals surface area contributed by atoms with Crippen LogP contribution in [0.15, 0.2) is 18.2 Å². The number of fused-ring (bicyclic) bond motifs is 1. The van der Waals surface area contributed by atoms with Gasteiger partial charge in [-0.1, -0.05) is 60.5 Å². The highest BCUT2D eigenvalue weighted by molar-refractivity contribution is 7.17. The van der Waals surface area contributed by atoms with Crippen molar-refractivity contribution in [2.75, 3.05) is 13.1 Å². The molecule has 0 saturated heterocycles. The molecule has 0 radical (unpaired) electrons. The molecule has 126 valence electrons. The number of rotatable bonds is 6. The van der Waals surface area contributed by atoms with E-state index in [1.54, 1.807) is 6.07 Å². The van der Waals surface area contributed by atoms with Gasteiger partial charge in [0.15, 0.2) is 5.82 Å². The van der Waals surface area contributed by atoms with Gasteiger partial charge in [-0.25, -0.2) is 0 Å². The van der Waals surface area contributed by atoms with Gasteiger partial charge in [-0.3, -0.25) is 4.90 Å². The second-order valence-electron chi connectivity index (χ2n) is 5.21. The highest BCUT2D eigenvalue weighted by Gasteiger charge is 2.12. The first-order valence-electron chi connectivity index (χ1n) is 7.67. The van der Waals surface area contributed by atoms with E-state index in [1.165, 1.54) is 11.3 Å². The van der Waals surface area contributed by atoms with E-state index in [9.17, 15) is 0 Å². The summed E-state index contributed by atoms with van der Waals surface area (Å²) in [6.07, 6.45) is 3.85. The Kier molecular flexibility index (Phi) is 5.50. The number of nitrogens with zero attached hydrogens (tertiary/aromatic N) is 5. The topological polar surface area (TPSA) is 46.3 Å². The molecule has 3 rings (SSSR count). The maximum absolute atomic E-state index is 6.18. The Bertz CT molecular complexity index is 867. The molecule has 0 aliphatic rings. The smallest absolute Gasteiger partial charge is 0.235 e. The van der Waals surface area contributed by atoms with Crippen molar-refractivity contribution in [1.29, 1.82) is 0 Å². The van der Waals surface area contributed by atoms with Gasteiger partial charge in [0.1, 0.15) is 5.01 Å². The van der Waals surface area contributed by atoms with Crippen molar-refractivity contribution in [1.82, 2.24) is 24.7 Å². The summed E-state index contributed by atoms with van der Waals surface area (Å²) in [5.41, 5.74) is 0.899. The van der Waals surface area contributed by atoms with Gasteiger partial charge in [0, 0.05) is 10.0 Å². The molecule has 24 heavy (non-hydrogen) atoms. The average molecular weight is 382 g/mol. The summed E-state index contributed by atoms with van der Waals surface area (Å²) in [4.78, 5) is 3.07. The van der Waals surface area contributed by atoms with E-state index in [4.69, 9.17) is 23.2 Å². The summed E-state index contributed by atoms with van der Waals surface area (Å²) in [7, 11) is 0. The maximum Gasteiger partial charge on any atom is 0.235 e. The average Bonchev–Trinajstić information content (AvgIpc) is 3.12. The van der Waals surface area contributed by atoms with E-state index in [1.807, 2.05) is 28.8 Å². The minimum absolute atomic E-state index is 0.615. The van der Waals surface area contributed by atoms with Gasteiger partial charge in [0.25, 0.3) is 0 Å². The fraction of sp³-hybridized carbons (Fsp3) is 0.312. The summed E-state index contributed by atoms with van der Waals surface area (Å²) in [5.74, 6) is 0.856. The van der Waals surface area contributed by atoms with Crippen LogP contribution >= 0.6 is 34.5 Å². The Labute approximate surface area is 154 Å². The van der Waals surface area contributed by atoms with Crippen molar-refractivity contribution < 1.29 is 0 Å². The standard InChI is InChI=1S/C16H17Cl2N5S/c1-3-22(4-2)10-14-19-20-16-23(14)21-15(24-16)8-6-11-5-7-12(17)9-13(11)18/h5-9H,3-4,10H2,1-2H3/b8-6+. The van der Waals surface area contributed by atoms with Crippen molar-refractivity contribution in [2.24, 2.45) is 0 Å². The van der Waals surface area contributed by atoms with Crippen molar-refractivity contribution in [3.05, 3.63) is 44.6 Å². The van der Waals surface area contributed by atoms with Gasteiger partial charge in [-0.2, -0.15) is 9.61 Å². The van der Waals surface area contributed by atoms with Crippen LogP contribution in [0.3, 0.4) is 0 Å². The quantitative estimate of drug-likeness (QED) is 0.630. The van der Waals surface area contributed by atoms with Crippen LogP contribution in [0, 0.1) is 0 Å². The summed E-state index contributed by atoms with van der Waals surface area (Å²) >= 11 is 13.6. The van der Waals surface area contributed by atoms with Crippen LogP contribution in [-0.2, 0) is 6.54 Å². The maximum atomic E-state index is 6.18. The number of halogens is 2. The van der Waals surface area contributed by atoms with E-state index in [-0.39, 0.29) is 0 Å². The molecule has 0 aliphatic carbocycles. The van der Waals surface area contributed by atoms with E-state index < -0.39 is 0 Å². The molecule has 0 N–H and O–H groups in total. The molecule has 0 spiro atoms. The Balaban J connectivity index is 1.83. The zero-order valence-corrected chi connectivity index (χ0v) is 15.7. The Morgan fingerprint density at radius 1 is 1.17 bits per heavy atom. The Morgan fingerprint density at radius 3 is 2.67 bits per heavy atom. The van der Waals surface area contributed by atoms with Gasteiger partial charge in [0.05, 0.1) is 6.54 Å². The number of benzene rings is 1. The lowest BCUT2D eigenvalue weighted by Crippen LogP contribution is -2.23. The molecular weight excluding hydrogens is 365 g/mol. The van der Waals surface area contributed by atoms with E-state index in [0.29, 0.717) is 10.0 Å². The van der Waals surface area contributed by atoms with Gasteiger partial charge < -0.3 is 0 Å². The SMILES string of the molecule is CCN(CC)Cc1nnc2sc(/C=C/c3ccc(Cl)cc3Cl)nn12. The van der Waals surface area contributed by atoms with Gasteiger partial charge in [-0.15, -0.1) is 10.2 Å². The third-order valence-corrected chi connectivity index (χ3v) is 5.12. The predicted octanol–water partition coefficient (Wildman–Crippen LogP) is 4.50. The van der Waals surface area contributed by atoms with Gasteiger partial charge in [0.2, 0.25) is 4.96 Å². The van der Waals surface area contributed by atoms with E-state index in [0.717, 1.165) is 41.0 Å². The molecule has 0 aliphatic heterocycles. The van der Waals surface area contributed by atoms with E-state index in [2.05, 4.69) is 34.0 Å². The molecule has 5 nitrogen and oxygen atoms in total. The highest BCUT2D eigenvalue weighted by atomic mass is 35.5. The monoisotopic (exact) mass is 381 g/mol. The third kappa shape index (κ3) is 3.78. The molecule has 0 amide bonds. The zero-order chi connectivity index (χ0) is 17.1. The van der Waals surface area contributed by atoms with Crippen LogP contribution in [0.2, 0.25) is 10.0 Å². The van der Waals surface area contributed by atoms with Crippen molar-refractivity contribution in [3.63, 3.8) is 0 Å². The molecule has 0 atom stereocenters. The molecule has 2 heterocycles. The summed E-state index contributed by atoms with van der Waals surface area (Å²) in [5, 5.41) is 15.1. The Morgan fingerprint density at radius 2 is 1.96 bits per heavy atom. The minimum Gasteiger partial charge on any atom is -0.296 e. The lowest BCUT2D eigenvalue weighted by molar-refractivity contribution is 0.286. The molecule has 0 unspecified atom stereocenters. The minimum atomic E-state index is 0.615.